The van der Waals surface area contributed by atoms with Crippen LogP contribution in [0.3, 0.4) is 0 Å². The third-order valence-electron chi connectivity index (χ3n) is 3.85. The molecule has 0 aliphatic rings. The number of thioether (sulfide) groups is 1. The summed E-state index contributed by atoms with van der Waals surface area (Å²) >= 11 is 1.71. The largest absolute Gasteiger partial charge is 0.452 e. The van der Waals surface area contributed by atoms with Crippen molar-refractivity contribution in [2.24, 2.45) is 0 Å². The van der Waals surface area contributed by atoms with Gasteiger partial charge in [-0.05, 0) is 48.9 Å². The summed E-state index contributed by atoms with van der Waals surface area (Å²) in [4.78, 5) is 25.2. The van der Waals surface area contributed by atoms with Crippen LogP contribution in [0.4, 0.5) is 0 Å². The number of nitrogens with one attached hydrogen (secondary N) is 1. The molecule has 0 aromatic heterocycles. The van der Waals surface area contributed by atoms with E-state index in [1.54, 1.807) is 18.7 Å². The van der Waals surface area contributed by atoms with Crippen molar-refractivity contribution in [3.63, 3.8) is 0 Å². The lowest BCUT2D eigenvalue weighted by Gasteiger charge is -2.09. The predicted molar refractivity (Wildman–Crippen MR) is 109 cm³/mol. The van der Waals surface area contributed by atoms with Crippen molar-refractivity contribution in [3.8, 4) is 0 Å². The molecule has 0 heterocycles. The zero-order valence-corrected chi connectivity index (χ0v) is 17.4. The fourth-order valence-corrected chi connectivity index (χ4v) is 3.84. The highest BCUT2D eigenvalue weighted by atomic mass is 32.2. The van der Waals surface area contributed by atoms with Crippen LogP contribution < -0.4 is 5.32 Å². The Kier molecular flexibility index (Phi) is 8.07. The molecule has 0 fully saturated rings. The highest BCUT2D eigenvalue weighted by molar-refractivity contribution is 7.99. The molecule has 0 spiro atoms. The maximum absolute atomic E-state index is 12.2. The van der Waals surface area contributed by atoms with Crippen LogP contribution in [-0.4, -0.2) is 45.5 Å². The van der Waals surface area contributed by atoms with Gasteiger partial charge in [0.25, 0.3) is 5.91 Å². The Morgan fingerprint density at radius 2 is 1.82 bits per heavy atom. The van der Waals surface area contributed by atoms with Gasteiger partial charge in [0.05, 0.1) is 10.5 Å². The second-order valence-electron chi connectivity index (χ2n) is 6.19. The number of rotatable bonds is 9. The van der Waals surface area contributed by atoms with Crippen LogP contribution in [0.1, 0.15) is 22.3 Å². The minimum atomic E-state index is -3.43. The standard InChI is InChI=1S/C20H23NO5S2/c1-15-9-10-17(28(2,24)25)13-18(15)20(23)26-14-19(22)21-11-6-12-27-16-7-4-3-5-8-16/h3-5,7-10,13H,6,11-12,14H2,1-2H3,(H,21,22). The van der Waals surface area contributed by atoms with Crippen LogP contribution in [0.2, 0.25) is 0 Å². The molecule has 0 unspecified atom stereocenters. The predicted octanol–water partition coefficient (Wildman–Crippen LogP) is 2.85. The summed E-state index contributed by atoms with van der Waals surface area (Å²) in [6, 6.07) is 14.2. The molecule has 2 aromatic carbocycles. The van der Waals surface area contributed by atoms with Gasteiger partial charge in [0.2, 0.25) is 0 Å². The Morgan fingerprint density at radius 3 is 2.50 bits per heavy atom. The van der Waals surface area contributed by atoms with E-state index in [1.165, 1.54) is 23.1 Å². The second kappa shape index (κ2) is 10.3. The SMILES string of the molecule is Cc1ccc(S(C)(=O)=O)cc1C(=O)OCC(=O)NCCCSc1ccccc1. The molecule has 6 nitrogen and oxygen atoms in total. The van der Waals surface area contributed by atoms with E-state index in [4.69, 9.17) is 4.74 Å². The van der Waals surface area contributed by atoms with Gasteiger partial charge in [-0.3, -0.25) is 4.79 Å². The highest BCUT2D eigenvalue weighted by Crippen LogP contribution is 2.18. The average Bonchev–Trinajstić information content (AvgIpc) is 2.66. The first-order valence-electron chi connectivity index (χ1n) is 8.70. The lowest BCUT2D eigenvalue weighted by molar-refractivity contribution is -0.124. The number of esters is 1. The zero-order valence-electron chi connectivity index (χ0n) is 15.8. The highest BCUT2D eigenvalue weighted by Gasteiger charge is 2.16. The van der Waals surface area contributed by atoms with Crippen molar-refractivity contribution < 1.29 is 22.7 Å². The molecule has 2 rings (SSSR count). The molecule has 1 amide bonds. The van der Waals surface area contributed by atoms with Gasteiger partial charge in [0.15, 0.2) is 16.4 Å². The Hall–Kier alpha value is -2.32. The first-order valence-corrected chi connectivity index (χ1v) is 11.6. The van der Waals surface area contributed by atoms with E-state index >= 15 is 0 Å². The normalized spacial score (nSPS) is 11.1. The van der Waals surface area contributed by atoms with Crippen molar-refractivity contribution in [3.05, 3.63) is 59.7 Å². The molecule has 8 heteroatoms. The number of ether oxygens (including phenoxy) is 1. The maximum Gasteiger partial charge on any atom is 0.338 e. The summed E-state index contributed by atoms with van der Waals surface area (Å²) < 4.78 is 28.3. The van der Waals surface area contributed by atoms with Crippen molar-refractivity contribution in [1.29, 1.82) is 0 Å². The topological polar surface area (TPSA) is 89.5 Å². The first-order chi connectivity index (χ1) is 13.3. The fraction of sp³-hybridized carbons (Fsp3) is 0.300. The third kappa shape index (κ3) is 7.01. The van der Waals surface area contributed by atoms with Crippen molar-refractivity contribution in [2.45, 2.75) is 23.1 Å². The summed E-state index contributed by atoms with van der Waals surface area (Å²) in [5.41, 5.74) is 0.714. The summed E-state index contributed by atoms with van der Waals surface area (Å²) in [7, 11) is -3.43. The number of carbonyl (C=O) groups excluding carboxylic acids is 2. The number of hydrogen-bond acceptors (Lipinski definition) is 6. The number of sulfone groups is 1. The molecule has 150 valence electrons. The number of aryl methyl sites for hydroxylation is 1. The molecule has 1 N–H and O–H groups in total. The Labute approximate surface area is 169 Å². The summed E-state index contributed by atoms with van der Waals surface area (Å²) in [5, 5.41) is 2.70. The summed E-state index contributed by atoms with van der Waals surface area (Å²) in [5.74, 6) is -0.255. The average molecular weight is 422 g/mol. The van der Waals surface area contributed by atoms with Crippen LogP contribution in [0.5, 0.6) is 0 Å². The number of carbonyl (C=O) groups is 2. The lowest BCUT2D eigenvalue weighted by atomic mass is 10.1. The van der Waals surface area contributed by atoms with Gasteiger partial charge < -0.3 is 10.1 Å². The van der Waals surface area contributed by atoms with E-state index in [-0.39, 0.29) is 10.5 Å². The van der Waals surface area contributed by atoms with E-state index in [0.29, 0.717) is 12.1 Å². The Balaban J connectivity index is 1.74. The quantitative estimate of drug-likeness (QED) is 0.380. The van der Waals surface area contributed by atoms with Gasteiger partial charge in [-0.15, -0.1) is 11.8 Å². The third-order valence-corrected chi connectivity index (χ3v) is 6.06. The minimum absolute atomic E-state index is 0.0328. The van der Waals surface area contributed by atoms with Crippen molar-refractivity contribution in [1.82, 2.24) is 5.32 Å². The molecular formula is C20H23NO5S2. The molecule has 0 atom stereocenters. The monoisotopic (exact) mass is 421 g/mol. The summed E-state index contributed by atoms with van der Waals surface area (Å²) in [6.45, 7) is 1.75. The molecule has 28 heavy (non-hydrogen) atoms. The lowest BCUT2D eigenvalue weighted by Crippen LogP contribution is -2.30. The van der Waals surface area contributed by atoms with Crippen molar-refractivity contribution in [2.75, 3.05) is 25.2 Å². The van der Waals surface area contributed by atoms with E-state index in [9.17, 15) is 18.0 Å². The van der Waals surface area contributed by atoms with Crippen LogP contribution in [-0.2, 0) is 19.4 Å². The number of amides is 1. The fourth-order valence-electron chi connectivity index (χ4n) is 2.32. The molecule has 0 bridgehead atoms. The number of benzene rings is 2. The maximum atomic E-state index is 12.2. The molecular weight excluding hydrogens is 398 g/mol. The number of hydrogen-bond donors (Lipinski definition) is 1. The van der Waals surface area contributed by atoms with Crippen molar-refractivity contribution >= 4 is 33.5 Å². The van der Waals surface area contributed by atoms with Gasteiger partial charge in [0, 0.05) is 17.7 Å². The van der Waals surface area contributed by atoms with Crippen LogP contribution in [0.25, 0.3) is 0 Å². The van der Waals surface area contributed by atoms with E-state index in [0.717, 1.165) is 18.4 Å². The van der Waals surface area contributed by atoms with Gasteiger partial charge in [-0.1, -0.05) is 24.3 Å². The van der Waals surface area contributed by atoms with E-state index in [1.807, 2.05) is 30.3 Å². The van der Waals surface area contributed by atoms with Gasteiger partial charge in [-0.25, -0.2) is 13.2 Å². The van der Waals surface area contributed by atoms with Gasteiger partial charge >= 0.3 is 5.97 Å². The van der Waals surface area contributed by atoms with Crippen LogP contribution in [0.15, 0.2) is 58.3 Å². The molecule has 0 saturated carbocycles. The minimum Gasteiger partial charge on any atom is -0.452 e. The zero-order chi connectivity index (χ0) is 20.6. The van der Waals surface area contributed by atoms with Gasteiger partial charge in [-0.2, -0.15) is 0 Å². The first kappa shape index (κ1) is 22.0. The summed E-state index contributed by atoms with van der Waals surface area (Å²) in [6.07, 6.45) is 1.85. The van der Waals surface area contributed by atoms with Crippen LogP contribution in [0, 0.1) is 6.92 Å². The second-order valence-corrected chi connectivity index (χ2v) is 9.37. The van der Waals surface area contributed by atoms with E-state index < -0.39 is 28.3 Å². The van der Waals surface area contributed by atoms with E-state index in [2.05, 4.69) is 5.32 Å². The Morgan fingerprint density at radius 1 is 1.11 bits per heavy atom. The molecule has 0 aliphatic carbocycles. The smallest absolute Gasteiger partial charge is 0.338 e. The van der Waals surface area contributed by atoms with Gasteiger partial charge in [0.1, 0.15) is 0 Å². The molecule has 2 aromatic rings. The Bertz CT molecular complexity index is 927. The molecule has 0 saturated heterocycles. The molecule has 0 radical (unpaired) electrons. The molecule has 0 aliphatic heterocycles. The van der Waals surface area contributed by atoms with Crippen LogP contribution >= 0.6 is 11.8 Å².